The molecule has 1 aliphatic rings. The first kappa shape index (κ1) is 13.3. The third kappa shape index (κ3) is 2.49. The van der Waals surface area contributed by atoms with E-state index in [1.54, 1.807) is 11.3 Å². The topological polar surface area (TPSA) is 80.0 Å². The molecular formula is C13H15N4OPS. The molecule has 7 heteroatoms. The van der Waals surface area contributed by atoms with E-state index in [1.165, 1.54) is 10.4 Å². The van der Waals surface area contributed by atoms with Crippen molar-refractivity contribution in [2.45, 2.75) is 12.8 Å². The number of amides is 2. The van der Waals surface area contributed by atoms with Crippen LogP contribution in [0.25, 0.3) is 11.3 Å². The van der Waals surface area contributed by atoms with Crippen LogP contribution in [0.2, 0.25) is 0 Å². The summed E-state index contributed by atoms with van der Waals surface area (Å²) in [5.74, 6) is 0. The summed E-state index contributed by atoms with van der Waals surface area (Å²) in [5, 5.41) is 6.11. The fourth-order valence-corrected chi connectivity index (χ4v) is 3.41. The standard InChI is InChI=1S/C13H15N4OPS/c14-12-17-11-9-3-2-8(16-13(18)15-6-19)5-7(9)1-4-10(11)20-12/h2-3,5H,1,4,6,19H2,(H2,14,17)(H2,15,16,18). The highest BCUT2D eigenvalue weighted by Crippen LogP contribution is 2.38. The molecule has 0 radical (unpaired) electrons. The average Bonchev–Trinajstić information content (AvgIpc) is 2.79. The normalized spacial score (nSPS) is 12.4. The molecule has 1 aliphatic carbocycles. The van der Waals surface area contributed by atoms with Crippen LogP contribution in [0, 0.1) is 0 Å². The number of carbonyl (C=O) groups excluding carboxylic acids is 1. The number of fused-ring (bicyclic) bond motifs is 3. The van der Waals surface area contributed by atoms with Crippen molar-refractivity contribution in [3.8, 4) is 11.3 Å². The maximum absolute atomic E-state index is 11.5. The lowest BCUT2D eigenvalue weighted by atomic mass is 9.93. The van der Waals surface area contributed by atoms with E-state index in [2.05, 4.69) is 24.9 Å². The number of anilines is 2. The summed E-state index contributed by atoms with van der Waals surface area (Å²) in [4.78, 5) is 17.2. The fraction of sp³-hybridized carbons (Fsp3) is 0.231. The van der Waals surface area contributed by atoms with Crippen LogP contribution >= 0.6 is 20.6 Å². The van der Waals surface area contributed by atoms with Gasteiger partial charge in [0, 0.05) is 22.4 Å². The van der Waals surface area contributed by atoms with E-state index in [9.17, 15) is 4.79 Å². The molecule has 1 aromatic carbocycles. The van der Waals surface area contributed by atoms with Crippen molar-refractivity contribution < 1.29 is 4.79 Å². The number of rotatable bonds is 2. The van der Waals surface area contributed by atoms with Gasteiger partial charge in [-0.1, -0.05) is 6.07 Å². The number of nitrogens with two attached hydrogens (primary N) is 1. The second kappa shape index (κ2) is 5.38. The first-order valence-corrected chi connectivity index (χ1v) is 7.94. The van der Waals surface area contributed by atoms with Crippen molar-refractivity contribution in [2.24, 2.45) is 0 Å². The van der Waals surface area contributed by atoms with Crippen molar-refractivity contribution >= 4 is 37.4 Å². The van der Waals surface area contributed by atoms with E-state index in [0.29, 0.717) is 11.4 Å². The Bertz CT molecular complexity index is 670. The molecule has 0 spiro atoms. The molecule has 1 aromatic heterocycles. The monoisotopic (exact) mass is 306 g/mol. The van der Waals surface area contributed by atoms with Crippen molar-refractivity contribution in [3.63, 3.8) is 0 Å². The lowest BCUT2D eigenvalue weighted by Crippen LogP contribution is -2.27. The zero-order valence-corrected chi connectivity index (χ0v) is 12.7. The van der Waals surface area contributed by atoms with E-state index in [4.69, 9.17) is 5.73 Å². The number of carbonyl (C=O) groups is 1. The number of nitrogens with one attached hydrogen (secondary N) is 2. The third-order valence-corrected chi connectivity index (χ3v) is 4.36. The molecule has 0 fully saturated rings. The number of hydrogen-bond acceptors (Lipinski definition) is 4. The number of urea groups is 1. The van der Waals surface area contributed by atoms with Gasteiger partial charge in [-0.3, -0.25) is 0 Å². The van der Waals surface area contributed by atoms with Crippen LogP contribution < -0.4 is 16.4 Å². The van der Waals surface area contributed by atoms with Crippen LogP contribution in [0.3, 0.4) is 0 Å². The second-order valence-corrected chi connectivity index (χ2v) is 6.05. The third-order valence-electron chi connectivity index (χ3n) is 3.22. The zero-order valence-electron chi connectivity index (χ0n) is 10.8. The minimum absolute atomic E-state index is 0.200. The lowest BCUT2D eigenvalue weighted by molar-refractivity contribution is 0.253. The number of hydrogen-bond donors (Lipinski definition) is 3. The summed E-state index contributed by atoms with van der Waals surface area (Å²) in [6.07, 6.45) is 2.43. The predicted molar refractivity (Wildman–Crippen MR) is 86.1 cm³/mol. The van der Waals surface area contributed by atoms with Gasteiger partial charge < -0.3 is 16.4 Å². The van der Waals surface area contributed by atoms with Gasteiger partial charge in [0.15, 0.2) is 5.13 Å². The highest BCUT2D eigenvalue weighted by Gasteiger charge is 2.20. The first-order chi connectivity index (χ1) is 9.67. The Morgan fingerprint density at radius 1 is 1.45 bits per heavy atom. The summed E-state index contributed by atoms with van der Waals surface area (Å²) < 4.78 is 0. The molecule has 1 atom stereocenters. The quantitative estimate of drug-likeness (QED) is 0.746. The summed E-state index contributed by atoms with van der Waals surface area (Å²) in [5.41, 5.74) is 9.90. The summed E-state index contributed by atoms with van der Waals surface area (Å²) >= 11 is 1.56. The Labute approximate surface area is 123 Å². The van der Waals surface area contributed by atoms with Gasteiger partial charge in [-0.25, -0.2) is 9.78 Å². The van der Waals surface area contributed by atoms with Gasteiger partial charge in [0.1, 0.15) is 0 Å². The molecule has 2 aromatic rings. The highest BCUT2D eigenvalue weighted by molar-refractivity contribution is 7.16. The van der Waals surface area contributed by atoms with Crippen LogP contribution in [0.15, 0.2) is 18.2 Å². The largest absolute Gasteiger partial charge is 0.375 e. The number of aromatic nitrogens is 1. The second-order valence-electron chi connectivity index (χ2n) is 4.53. The van der Waals surface area contributed by atoms with Crippen LogP contribution in [-0.4, -0.2) is 17.3 Å². The Morgan fingerprint density at radius 3 is 3.10 bits per heavy atom. The van der Waals surface area contributed by atoms with Gasteiger partial charge in [-0.15, -0.1) is 20.6 Å². The van der Waals surface area contributed by atoms with Crippen LogP contribution in [-0.2, 0) is 12.8 Å². The zero-order chi connectivity index (χ0) is 14.1. The summed E-state index contributed by atoms with van der Waals surface area (Å²) in [6, 6.07) is 5.71. The summed E-state index contributed by atoms with van der Waals surface area (Å²) in [6.45, 7) is 0. The molecule has 20 heavy (non-hydrogen) atoms. The van der Waals surface area contributed by atoms with E-state index >= 15 is 0 Å². The number of nitrogens with zero attached hydrogens (tertiary/aromatic N) is 1. The minimum Gasteiger partial charge on any atom is -0.375 e. The predicted octanol–water partition coefficient (Wildman–Crippen LogP) is 2.45. The highest BCUT2D eigenvalue weighted by atomic mass is 32.1. The van der Waals surface area contributed by atoms with Gasteiger partial charge in [-0.2, -0.15) is 0 Å². The van der Waals surface area contributed by atoms with Crippen molar-refractivity contribution in [2.75, 3.05) is 17.3 Å². The maximum Gasteiger partial charge on any atom is 0.319 e. The maximum atomic E-state index is 11.5. The Hall–Kier alpha value is -1.65. The SMILES string of the molecule is Nc1nc2c(s1)CCc1cc(NC(=O)NCP)ccc1-2. The Kier molecular flexibility index (Phi) is 3.59. The van der Waals surface area contributed by atoms with Gasteiger partial charge in [-0.05, 0) is 30.5 Å². The van der Waals surface area contributed by atoms with Gasteiger partial charge >= 0.3 is 6.03 Å². The molecule has 0 bridgehead atoms. The molecule has 2 amide bonds. The number of benzene rings is 1. The first-order valence-electron chi connectivity index (χ1n) is 6.31. The molecule has 0 saturated carbocycles. The molecule has 1 unspecified atom stereocenters. The number of thiazole rings is 1. The van der Waals surface area contributed by atoms with E-state index in [-0.39, 0.29) is 6.03 Å². The Morgan fingerprint density at radius 2 is 2.30 bits per heavy atom. The smallest absolute Gasteiger partial charge is 0.319 e. The lowest BCUT2D eigenvalue weighted by Gasteiger charge is -2.16. The number of aryl methyl sites for hydroxylation is 2. The molecule has 3 rings (SSSR count). The molecule has 5 nitrogen and oxygen atoms in total. The van der Waals surface area contributed by atoms with Crippen LogP contribution in [0.4, 0.5) is 15.6 Å². The summed E-state index contributed by atoms with van der Waals surface area (Å²) in [7, 11) is 2.45. The van der Waals surface area contributed by atoms with Crippen molar-refractivity contribution in [1.82, 2.24) is 10.3 Å². The molecule has 4 N–H and O–H groups in total. The fourth-order valence-electron chi connectivity index (χ4n) is 2.38. The minimum atomic E-state index is -0.200. The molecule has 1 heterocycles. The molecule has 104 valence electrons. The van der Waals surface area contributed by atoms with Crippen LogP contribution in [0.1, 0.15) is 10.4 Å². The van der Waals surface area contributed by atoms with E-state index in [0.717, 1.165) is 29.8 Å². The van der Waals surface area contributed by atoms with E-state index < -0.39 is 0 Å². The van der Waals surface area contributed by atoms with Gasteiger partial charge in [0.05, 0.1) is 5.69 Å². The van der Waals surface area contributed by atoms with Crippen LogP contribution in [0.5, 0.6) is 0 Å². The van der Waals surface area contributed by atoms with Gasteiger partial charge in [0.2, 0.25) is 0 Å². The van der Waals surface area contributed by atoms with Crippen molar-refractivity contribution in [1.29, 1.82) is 0 Å². The molecule has 0 aliphatic heterocycles. The van der Waals surface area contributed by atoms with E-state index in [1.807, 2.05) is 18.2 Å². The van der Waals surface area contributed by atoms with Gasteiger partial charge in [0.25, 0.3) is 0 Å². The number of nitrogen functional groups attached to an aromatic ring is 1. The van der Waals surface area contributed by atoms with Crippen molar-refractivity contribution in [3.05, 3.63) is 28.6 Å². The molecular weight excluding hydrogens is 291 g/mol. The molecule has 0 saturated heterocycles. The Balaban J connectivity index is 1.90. The average molecular weight is 306 g/mol.